The number of hydrogen-bond donors (Lipinski definition) is 2. The van der Waals surface area contributed by atoms with Crippen LogP contribution in [0.5, 0.6) is 0 Å². The minimum absolute atomic E-state index is 0.491. The van der Waals surface area contributed by atoms with Gasteiger partial charge in [-0.2, -0.15) is 0 Å². The predicted molar refractivity (Wildman–Crippen MR) is 140 cm³/mol. The Morgan fingerprint density at radius 2 is 1.45 bits per heavy atom. The molecule has 0 amide bonds. The molecule has 0 radical (unpaired) electrons. The van der Waals surface area contributed by atoms with Crippen molar-refractivity contribution < 1.29 is 10.0 Å². The van der Waals surface area contributed by atoms with Gasteiger partial charge in [0, 0.05) is 36.8 Å². The van der Waals surface area contributed by atoms with E-state index in [0.29, 0.717) is 5.46 Å². The van der Waals surface area contributed by atoms with Crippen molar-refractivity contribution in [1.29, 1.82) is 0 Å². The topological polar surface area (TPSA) is 43.7 Å². The molecule has 33 heavy (non-hydrogen) atoms. The molecule has 0 saturated heterocycles. The maximum Gasteiger partial charge on any atom is 0.488 e. The minimum atomic E-state index is -1.50. The molecular formula is C28H18BNO2S. The van der Waals surface area contributed by atoms with Gasteiger partial charge in [0.2, 0.25) is 0 Å². The number of hydrogen-bond acceptors (Lipinski definition) is 4. The second-order valence-electron chi connectivity index (χ2n) is 8.45. The van der Waals surface area contributed by atoms with Crippen LogP contribution in [0, 0.1) is 0 Å². The third-order valence-corrected chi connectivity index (χ3v) is 7.73. The summed E-state index contributed by atoms with van der Waals surface area (Å²) >= 11 is 1.81. The van der Waals surface area contributed by atoms with E-state index < -0.39 is 7.12 Å². The summed E-state index contributed by atoms with van der Waals surface area (Å²) < 4.78 is 2.54. The van der Waals surface area contributed by atoms with Gasteiger partial charge in [0.25, 0.3) is 0 Å². The van der Waals surface area contributed by atoms with Gasteiger partial charge < -0.3 is 14.9 Å². The quantitative estimate of drug-likeness (QED) is 0.307. The van der Waals surface area contributed by atoms with E-state index in [4.69, 9.17) is 0 Å². The number of thiophene rings is 1. The van der Waals surface area contributed by atoms with Crippen LogP contribution in [0.25, 0.3) is 42.1 Å². The Balaban J connectivity index is 1.54. The molecule has 1 aliphatic heterocycles. The smallest absolute Gasteiger partial charge is 0.423 e. The summed E-state index contributed by atoms with van der Waals surface area (Å²) in [6.07, 6.45) is 0. The van der Waals surface area contributed by atoms with Gasteiger partial charge in [-0.05, 0) is 46.7 Å². The zero-order chi connectivity index (χ0) is 22.1. The Hall–Kier alpha value is -3.64. The largest absolute Gasteiger partial charge is 0.488 e. The van der Waals surface area contributed by atoms with E-state index in [9.17, 15) is 10.0 Å². The first-order valence-electron chi connectivity index (χ1n) is 10.9. The number of nitrogens with zero attached hydrogens (tertiary/aromatic N) is 1. The van der Waals surface area contributed by atoms with Gasteiger partial charge in [-0.3, -0.25) is 0 Å². The van der Waals surface area contributed by atoms with Crippen LogP contribution in [0.3, 0.4) is 0 Å². The molecule has 0 spiro atoms. The van der Waals surface area contributed by atoms with Crippen molar-refractivity contribution in [3.05, 3.63) is 97.1 Å². The summed E-state index contributed by atoms with van der Waals surface area (Å²) in [4.78, 5) is 2.29. The molecule has 2 heterocycles. The molecule has 0 fully saturated rings. The Labute approximate surface area is 194 Å². The van der Waals surface area contributed by atoms with E-state index in [-0.39, 0.29) is 0 Å². The van der Waals surface area contributed by atoms with E-state index in [1.165, 1.54) is 30.9 Å². The van der Waals surface area contributed by atoms with Crippen LogP contribution in [-0.4, -0.2) is 17.2 Å². The highest BCUT2D eigenvalue weighted by Crippen LogP contribution is 2.51. The highest BCUT2D eigenvalue weighted by Gasteiger charge is 2.27. The molecule has 156 valence electrons. The summed E-state index contributed by atoms with van der Waals surface area (Å²) in [7, 11) is -1.50. The molecule has 0 atom stereocenters. The predicted octanol–water partition coefficient (Wildman–Crippen LogP) is 6.34. The first kappa shape index (κ1) is 18.9. The third kappa shape index (κ3) is 2.71. The summed E-state index contributed by atoms with van der Waals surface area (Å²) in [5.74, 6) is 0. The molecule has 6 aromatic rings. The van der Waals surface area contributed by atoms with Gasteiger partial charge in [0.15, 0.2) is 0 Å². The van der Waals surface area contributed by atoms with Gasteiger partial charge in [0.1, 0.15) is 0 Å². The van der Waals surface area contributed by atoms with Crippen LogP contribution in [0.1, 0.15) is 0 Å². The van der Waals surface area contributed by atoms with Gasteiger partial charge >= 0.3 is 7.12 Å². The summed E-state index contributed by atoms with van der Waals surface area (Å²) in [6, 6.07) is 33.6. The van der Waals surface area contributed by atoms with Crippen LogP contribution >= 0.6 is 11.3 Å². The number of fused-ring (bicyclic) bond motifs is 5. The standard InChI is InChI=1S/C28H18BNO2S/c31-29(32)18-11-14-24-23(15-18)22-8-3-5-17-6-4-9-25(28(17)22)30(24)19-12-13-21-20-7-1-2-10-26(20)33-27(21)16-19/h1-16,31-32H. The summed E-state index contributed by atoms with van der Waals surface area (Å²) in [5.41, 5.74) is 5.86. The van der Waals surface area contributed by atoms with Crippen LogP contribution in [0.4, 0.5) is 17.1 Å². The Bertz CT molecular complexity index is 1720. The molecule has 5 heteroatoms. The molecule has 1 aliphatic rings. The molecule has 0 aliphatic carbocycles. The lowest BCUT2D eigenvalue weighted by atomic mass is 9.77. The van der Waals surface area contributed by atoms with Gasteiger partial charge in [0.05, 0.1) is 11.4 Å². The maximum absolute atomic E-state index is 9.83. The molecule has 5 aromatic carbocycles. The van der Waals surface area contributed by atoms with Gasteiger partial charge in [-0.15, -0.1) is 11.3 Å². The van der Waals surface area contributed by atoms with Crippen molar-refractivity contribution in [2.45, 2.75) is 0 Å². The number of benzene rings is 5. The molecule has 0 bridgehead atoms. The van der Waals surface area contributed by atoms with Crippen molar-refractivity contribution in [3.8, 4) is 11.1 Å². The second kappa shape index (κ2) is 6.93. The van der Waals surface area contributed by atoms with Crippen LogP contribution in [-0.2, 0) is 0 Å². The monoisotopic (exact) mass is 443 g/mol. The van der Waals surface area contributed by atoms with Gasteiger partial charge in [-0.25, -0.2) is 0 Å². The first-order chi connectivity index (χ1) is 16.2. The number of rotatable bonds is 2. The van der Waals surface area contributed by atoms with E-state index in [1.807, 2.05) is 23.5 Å². The van der Waals surface area contributed by atoms with E-state index >= 15 is 0 Å². The average Bonchev–Trinajstić information content (AvgIpc) is 3.22. The van der Waals surface area contributed by atoms with Crippen molar-refractivity contribution in [3.63, 3.8) is 0 Å². The highest BCUT2D eigenvalue weighted by molar-refractivity contribution is 7.25. The lowest BCUT2D eigenvalue weighted by Crippen LogP contribution is -2.30. The van der Waals surface area contributed by atoms with Crippen LogP contribution < -0.4 is 10.4 Å². The van der Waals surface area contributed by atoms with E-state index in [1.54, 1.807) is 6.07 Å². The molecule has 0 saturated carbocycles. The Morgan fingerprint density at radius 3 is 2.33 bits per heavy atom. The third-order valence-electron chi connectivity index (χ3n) is 6.59. The summed E-state index contributed by atoms with van der Waals surface area (Å²) in [5, 5.41) is 24.6. The molecular weight excluding hydrogens is 425 g/mol. The van der Waals surface area contributed by atoms with Crippen molar-refractivity contribution in [2.75, 3.05) is 4.90 Å². The minimum Gasteiger partial charge on any atom is -0.423 e. The van der Waals surface area contributed by atoms with Crippen molar-refractivity contribution >= 4 is 71.9 Å². The fourth-order valence-electron chi connectivity index (χ4n) is 5.12. The average molecular weight is 443 g/mol. The molecule has 3 nitrogen and oxygen atoms in total. The first-order valence-corrected chi connectivity index (χ1v) is 11.7. The Kier molecular flexibility index (Phi) is 3.97. The molecule has 1 aromatic heterocycles. The second-order valence-corrected chi connectivity index (χ2v) is 9.53. The Morgan fingerprint density at radius 1 is 0.636 bits per heavy atom. The van der Waals surface area contributed by atoms with E-state index in [2.05, 4.69) is 83.8 Å². The normalized spacial score (nSPS) is 12.5. The lowest BCUT2D eigenvalue weighted by Gasteiger charge is -2.34. The zero-order valence-corrected chi connectivity index (χ0v) is 18.4. The fraction of sp³-hybridized carbons (Fsp3) is 0. The maximum atomic E-state index is 9.83. The summed E-state index contributed by atoms with van der Waals surface area (Å²) in [6.45, 7) is 0. The fourth-order valence-corrected chi connectivity index (χ4v) is 6.26. The molecule has 0 unspecified atom stereocenters. The van der Waals surface area contributed by atoms with E-state index in [0.717, 1.165) is 28.2 Å². The van der Waals surface area contributed by atoms with Crippen molar-refractivity contribution in [1.82, 2.24) is 0 Å². The van der Waals surface area contributed by atoms with Gasteiger partial charge in [-0.1, -0.05) is 66.7 Å². The number of anilines is 3. The van der Waals surface area contributed by atoms with Crippen LogP contribution in [0.15, 0.2) is 97.1 Å². The highest BCUT2D eigenvalue weighted by atomic mass is 32.1. The molecule has 2 N–H and O–H groups in total. The van der Waals surface area contributed by atoms with Crippen LogP contribution in [0.2, 0.25) is 0 Å². The molecule has 7 rings (SSSR count). The lowest BCUT2D eigenvalue weighted by molar-refractivity contribution is 0.426. The SMILES string of the molecule is OB(O)c1ccc2c(c1)-c1cccc3cccc(c13)N2c1ccc2c(c1)sc1ccccc12. The zero-order valence-electron chi connectivity index (χ0n) is 17.6. The van der Waals surface area contributed by atoms with Crippen molar-refractivity contribution in [2.24, 2.45) is 0 Å².